The van der Waals surface area contributed by atoms with Gasteiger partial charge in [-0.05, 0) is 51.7 Å². The van der Waals surface area contributed by atoms with Gasteiger partial charge in [0.1, 0.15) is 53.8 Å². The highest BCUT2D eigenvalue weighted by molar-refractivity contribution is 5.96. The number of H-pyrrole nitrogens is 4. The maximum atomic E-state index is 13.4. The van der Waals surface area contributed by atoms with E-state index in [2.05, 4.69) is 20.4 Å². The first-order valence-electron chi connectivity index (χ1n) is 21.4. The van der Waals surface area contributed by atoms with Crippen LogP contribution in [0.4, 0.5) is 19.2 Å². The van der Waals surface area contributed by atoms with Gasteiger partial charge >= 0.3 is 24.1 Å². The van der Waals surface area contributed by atoms with Crippen molar-refractivity contribution < 1.29 is 38.1 Å². The highest BCUT2D eigenvalue weighted by Gasteiger charge is 2.79. The lowest BCUT2D eigenvalue weighted by atomic mass is 9.85. The Balaban J connectivity index is 0.000000258. The van der Waals surface area contributed by atoms with E-state index in [1.54, 1.807) is 39.2 Å². The fourth-order valence-electron chi connectivity index (χ4n) is 10.5. The number of aromatic amines is 4. The summed E-state index contributed by atoms with van der Waals surface area (Å²) in [5.74, 6) is 0. The first-order valence-corrected chi connectivity index (χ1v) is 21.4. The van der Waals surface area contributed by atoms with Crippen LogP contribution >= 0.6 is 0 Å². The molecule has 0 unspecified atom stereocenters. The summed E-state index contributed by atoms with van der Waals surface area (Å²) in [6.07, 6.45) is 3.38. The molecule has 360 valence electrons. The van der Waals surface area contributed by atoms with Crippen molar-refractivity contribution in [2.24, 2.45) is 0 Å². The monoisotopic (exact) mass is 916 g/mol. The van der Waals surface area contributed by atoms with Gasteiger partial charge in [0, 0.05) is 0 Å². The van der Waals surface area contributed by atoms with E-state index in [-0.39, 0.29) is 114 Å². The average Bonchev–Trinajstić information content (AvgIpc) is 3.82. The fraction of sp³-hybridized carbons (Fsp3) is 0.659. The first-order chi connectivity index (χ1) is 30.3. The zero-order valence-electron chi connectivity index (χ0n) is 36.8. The number of urea groups is 4. The number of rotatable bonds is 6. The van der Waals surface area contributed by atoms with Crippen molar-refractivity contribution in [1.82, 2.24) is 59.6 Å². The van der Waals surface area contributed by atoms with Crippen LogP contribution in [0.1, 0.15) is 102 Å². The molecule has 0 spiro atoms. The molecular weight excluding hydrogens is 853 g/mol. The molecule has 11 rings (SSSR count). The molecule has 8 aliphatic rings. The van der Waals surface area contributed by atoms with Crippen molar-refractivity contribution in [3.8, 4) is 0 Å². The van der Waals surface area contributed by atoms with Crippen LogP contribution in [0.25, 0.3) is 21.5 Å². The van der Waals surface area contributed by atoms with E-state index in [4.69, 9.17) is 18.9 Å². The SMILES string of the molecule is C.C.CC.CC.CC.CC12N3COCN1C(=O)N1COCN(C3=O)C12CCCCCC12N3COCN1C(=O)N1COCN(C3=O)C12C.O=c1[nH][nH]c(=O)c2cc3c(=O)[nH][nH]c(=O)c3cc12. The molecular formula is C41H64N12O12. The number of ether oxygens (including phenoxy) is 4. The second kappa shape index (κ2) is 18.5. The van der Waals surface area contributed by atoms with Gasteiger partial charge in [0.2, 0.25) is 0 Å². The Labute approximate surface area is 375 Å². The van der Waals surface area contributed by atoms with Gasteiger partial charge in [-0.1, -0.05) is 62.8 Å². The van der Waals surface area contributed by atoms with Crippen molar-refractivity contribution in [1.29, 1.82) is 0 Å². The molecule has 8 fully saturated rings. The first kappa shape index (κ1) is 50.0. The molecule has 0 aliphatic carbocycles. The Morgan fingerprint density at radius 1 is 0.400 bits per heavy atom. The van der Waals surface area contributed by atoms with E-state index in [0.29, 0.717) is 12.8 Å². The van der Waals surface area contributed by atoms with Crippen molar-refractivity contribution in [3.63, 3.8) is 0 Å². The Kier molecular flexibility index (Phi) is 14.2. The van der Waals surface area contributed by atoms with Crippen LogP contribution in [-0.2, 0) is 18.9 Å². The summed E-state index contributed by atoms with van der Waals surface area (Å²) in [5, 5.41) is 8.83. The number of nitrogens with zero attached hydrogens (tertiary/aromatic N) is 8. The van der Waals surface area contributed by atoms with Crippen LogP contribution in [0.15, 0.2) is 31.3 Å². The Morgan fingerprint density at radius 2 is 0.615 bits per heavy atom. The van der Waals surface area contributed by atoms with Crippen LogP contribution in [0.2, 0.25) is 0 Å². The smallest absolute Gasteiger partial charge is 0.327 e. The van der Waals surface area contributed by atoms with Gasteiger partial charge in [0.25, 0.3) is 22.2 Å². The Bertz CT molecular complexity index is 2220. The van der Waals surface area contributed by atoms with Crippen molar-refractivity contribution in [3.05, 3.63) is 53.5 Å². The molecule has 1 aromatic carbocycles. The summed E-state index contributed by atoms with van der Waals surface area (Å²) in [6.45, 7) is 16.9. The lowest BCUT2D eigenvalue weighted by Crippen LogP contribution is -2.70. The van der Waals surface area contributed by atoms with E-state index >= 15 is 0 Å². The van der Waals surface area contributed by atoms with Gasteiger partial charge in [-0.2, -0.15) is 0 Å². The molecule has 10 heterocycles. The minimum absolute atomic E-state index is 0. The highest BCUT2D eigenvalue weighted by Crippen LogP contribution is 2.58. The molecule has 0 bridgehead atoms. The molecule has 8 aliphatic heterocycles. The van der Waals surface area contributed by atoms with Crippen molar-refractivity contribution in [2.45, 2.75) is 125 Å². The lowest BCUT2D eigenvalue weighted by Gasteiger charge is -2.51. The largest absolute Gasteiger partial charge is 0.340 e. The molecule has 4 N–H and O–H groups in total. The second-order valence-electron chi connectivity index (χ2n) is 15.4. The number of unbranched alkanes of at least 4 members (excludes halogenated alkanes) is 2. The van der Waals surface area contributed by atoms with E-state index < -0.39 is 44.9 Å². The second-order valence-corrected chi connectivity index (χ2v) is 15.4. The zero-order chi connectivity index (χ0) is 45.8. The van der Waals surface area contributed by atoms with Gasteiger partial charge in [-0.3, -0.25) is 78.8 Å². The van der Waals surface area contributed by atoms with Gasteiger partial charge < -0.3 is 18.9 Å². The molecule has 24 heteroatoms. The number of amides is 8. The Hall–Kier alpha value is -5.98. The van der Waals surface area contributed by atoms with Gasteiger partial charge in [-0.15, -0.1) is 0 Å². The van der Waals surface area contributed by atoms with Crippen LogP contribution in [0, 0.1) is 0 Å². The molecule has 8 amide bonds. The van der Waals surface area contributed by atoms with Gasteiger partial charge in [-0.25, -0.2) is 19.2 Å². The lowest BCUT2D eigenvalue weighted by molar-refractivity contribution is -0.197. The zero-order valence-corrected chi connectivity index (χ0v) is 36.8. The molecule has 0 saturated carbocycles. The minimum Gasteiger partial charge on any atom is -0.340 e. The normalized spacial score (nSPS) is 27.4. The van der Waals surface area contributed by atoms with Crippen LogP contribution in [0.3, 0.4) is 0 Å². The summed E-state index contributed by atoms with van der Waals surface area (Å²) in [5.41, 5.74) is -5.58. The molecule has 3 aromatic rings. The highest BCUT2D eigenvalue weighted by atomic mass is 16.5. The summed E-state index contributed by atoms with van der Waals surface area (Å²) in [6, 6.07) is 1.66. The number of benzene rings is 1. The molecule has 2 aromatic heterocycles. The summed E-state index contributed by atoms with van der Waals surface area (Å²) in [4.78, 5) is 113. The molecule has 0 radical (unpaired) electrons. The summed E-state index contributed by atoms with van der Waals surface area (Å²) in [7, 11) is 0. The van der Waals surface area contributed by atoms with Gasteiger partial charge in [0.15, 0.2) is 22.7 Å². The molecule has 8 saturated heterocycles. The average molecular weight is 917 g/mol. The van der Waals surface area contributed by atoms with Crippen LogP contribution in [0.5, 0.6) is 0 Å². The standard InChI is InChI=1S/C23H32N8O8.C10H6N4O4.3C2H6.2CH4/c1-20-22(28-12-38-13-29(22)17(33)25(20)9-36-8-24(20)16(28)32)6-4-3-5-7-23-21(2)26-10-37-11-27(21)19(35)31(23)15-39-14-30(23)18(26)34;15-7-3-1-4-6(10(18)14-12-8(4)16)2-5(3)9(17)13-11-7;3*1-2;;/h3-15H2,1-2H3;1-2H,(H,11,15)(H,12,16)(H,13,17)(H,14,18);3*1-2H3;2*1H4. The number of hydrogen-bond donors (Lipinski definition) is 4. The summed E-state index contributed by atoms with van der Waals surface area (Å²) >= 11 is 0. The maximum Gasteiger partial charge on any atom is 0.327 e. The number of nitrogens with one attached hydrogen (secondary N) is 4. The predicted octanol–water partition coefficient (Wildman–Crippen LogP) is 3.59. The summed E-state index contributed by atoms with van der Waals surface area (Å²) < 4.78 is 22.5. The van der Waals surface area contributed by atoms with E-state index in [1.807, 2.05) is 55.4 Å². The fourth-order valence-corrected chi connectivity index (χ4v) is 10.5. The third-order valence-electron chi connectivity index (χ3n) is 13.3. The number of carbonyl (C=O) groups is 4. The number of aromatic nitrogens is 4. The predicted molar refractivity (Wildman–Crippen MR) is 236 cm³/mol. The van der Waals surface area contributed by atoms with Gasteiger partial charge in [0.05, 0.1) is 21.5 Å². The quantitative estimate of drug-likeness (QED) is 0.204. The Morgan fingerprint density at radius 3 is 0.846 bits per heavy atom. The maximum absolute atomic E-state index is 13.4. The number of hydrogen-bond acceptors (Lipinski definition) is 12. The minimum atomic E-state index is -0.861. The van der Waals surface area contributed by atoms with Crippen LogP contribution in [-0.4, -0.2) is 160 Å². The number of fused-ring (bicyclic) bond motifs is 2. The third kappa shape index (κ3) is 6.45. The topological polar surface area (TPSA) is 263 Å². The van der Waals surface area contributed by atoms with Crippen LogP contribution < -0.4 is 22.2 Å². The van der Waals surface area contributed by atoms with E-state index in [1.165, 1.54) is 12.1 Å². The molecule has 65 heavy (non-hydrogen) atoms. The van der Waals surface area contributed by atoms with Crippen molar-refractivity contribution >= 4 is 45.7 Å². The molecule has 0 atom stereocenters. The van der Waals surface area contributed by atoms with Crippen molar-refractivity contribution in [2.75, 3.05) is 53.8 Å². The van der Waals surface area contributed by atoms with E-state index in [0.717, 1.165) is 19.3 Å². The molecule has 24 nitrogen and oxygen atoms in total. The third-order valence-corrected chi connectivity index (χ3v) is 13.3. The van der Waals surface area contributed by atoms with E-state index in [9.17, 15) is 38.4 Å². The number of carbonyl (C=O) groups excluding carboxylic acids is 4.